The van der Waals surface area contributed by atoms with Crippen LogP contribution in [0.2, 0.25) is 0 Å². The summed E-state index contributed by atoms with van der Waals surface area (Å²) < 4.78 is 69.0. The molecular weight excluding hydrogens is 362 g/mol. The Morgan fingerprint density at radius 1 is 1.12 bits per heavy atom. The average Bonchev–Trinajstić information content (AvgIpc) is 2.54. The summed E-state index contributed by atoms with van der Waals surface area (Å²) in [4.78, 5) is -0.255. The number of rotatable bonds is 5. The van der Waals surface area contributed by atoms with Crippen LogP contribution < -0.4 is 14.9 Å². The summed E-state index contributed by atoms with van der Waals surface area (Å²) in [5.41, 5.74) is -1.25. The zero-order valence-corrected chi connectivity index (χ0v) is 13.6. The van der Waals surface area contributed by atoms with Crippen LogP contribution in [0.15, 0.2) is 47.4 Å². The van der Waals surface area contributed by atoms with E-state index in [4.69, 9.17) is 4.74 Å². The first-order chi connectivity index (χ1) is 11.5. The van der Waals surface area contributed by atoms with E-state index in [2.05, 4.69) is 4.72 Å². The fraction of sp³-hybridized carbons (Fsp3) is 0.143. The predicted molar refractivity (Wildman–Crippen MR) is 84.0 cm³/mol. The summed E-state index contributed by atoms with van der Waals surface area (Å²) in [7, 11) is -4.76. The molecule has 2 rings (SSSR count). The van der Waals surface area contributed by atoms with E-state index in [9.17, 15) is 31.6 Å². The molecule has 2 aromatic rings. The van der Waals surface area contributed by atoms with Crippen LogP contribution in [0.1, 0.15) is 5.56 Å². The summed E-state index contributed by atoms with van der Waals surface area (Å²) in [6.07, 6.45) is -4.57. The van der Waals surface area contributed by atoms with Crippen LogP contribution >= 0.6 is 0 Å². The zero-order valence-electron chi connectivity index (χ0n) is 12.8. The molecule has 134 valence electrons. The lowest BCUT2D eigenvalue weighted by Crippen LogP contribution is -2.32. The third-order valence-corrected chi connectivity index (χ3v) is 4.64. The molecule has 0 heterocycles. The van der Waals surface area contributed by atoms with Gasteiger partial charge in [0.1, 0.15) is 11.5 Å². The fourth-order valence-corrected chi connectivity index (χ4v) is 2.73. The number of ether oxygens (including phenoxy) is 1. The Labute approximate surface area is 142 Å². The number of halogens is 3. The second-order valence-corrected chi connectivity index (χ2v) is 6.80. The molecule has 0 fully saturated rings. The van der Waals surface area contributed by atoms with Crippen LogP contribution in [-0.4, -0.2) is 32.6 Å². The maximum atomic E-state index is 12.7. The molecule has 6 nitrogen and oxygen atoms in total. The molecule has 0 aliphatic rings. The summed E-state index contributed by atoms with van der Waals surface area (Å²) in [6.45, 7) is 0. The molecule has 0 amide bonds. The lowest BCUT2D eigenvalue weighted by Gasteiger charge is -2.14. The number of benzene rings is 2. The van der Waals surface area contributed by atoms with Gasteiger partial charge in [-0.25, -0.2) is 13.1 Å². The van der Waals surface area contributed by atoms with E-state index >= 15 is 0 Å². The molecule has 2 aromatic carbocycles. The largest absolute Gasteiger partial charge is 0.492 e. The monoisotopic (exact) mass is 375 g/mol. The lowest BCUT2D eigenvalue weighted by atomic mass is 9.79. The van der Waals surface area contributed by atoms with Crippen molar-refractivity contribution in [2.45, 2.75) is 11.1 Å². The summed E-state index contributed by atoms with van der Waals surface area (Å²) in [5.74, 6) is -0.384. The lowest BCUT2D eigenvalue weighted by molar-refractivity contribution is -0.137. The Morgan fingerprint density at radius 2 is 1.80 bits per heavy atom. The van der Waals surface area contributed by atoms with Crippen molar-refractivity contribution in [3.05, 3.63) is 48.0 Å². The quantitative estimate of drug-likeness (QED) is 0.680. The van der Waals surface area contributed by atoms with Crippen molar-refractivity contribution in [1.82, 2.24) is 4.72 Å². The van der Waals surface area contributed by atoms with Gasteiger partial charge >= 0.3 is 13.3 Å². The molecule has 0 aliphatic heterocycles. The highest BCUT2D eigenvalue weighted by Crippen LogP contribution is 2.32. The molecule has 0 radical (unpaired) electrons. The number of hydrogen-bond acceptors (Lipinski definition) is 5. The molecule has 0 bridgehead atoms. The fourth-order valence-electron chi connectivity index (χ4n) is 1.97. The van der Waals surface area contributed by atoms with Crippen molar-refractivity contribution >= 4 is 22.6 Å². The second kappa shape index (κ2) is 7.04. The van der Waals surface area contributed by atoms with Gasteiger partial charge in [0.05, 0.1) is 10.5 Å². The maximum absolute atomic E-state index is 12.7. The Balaban J connectivity index is 2.43. The van der Waals surface area contributed by atoms with Gasteiger partial charge in [0.25, 0.3) is 0 Å². The number of nitrogens with one attached hydrogen (secondary N) is 1. The first-order valence-corrected chi connectivity index (χ1v) is 8.31. The van der Waals surface area contributed by atoms with Gasteiger partial charge in [-0.2, -0.15) is 13.2 Å². The third-order valence-electron chi connectivity index (χ3n) is 3.23. The minimum absolute atomic E-state index is 0.190. The number of sulfonamides is 1. The van der Waals surface area contributed by atoms with Crippen molar-refractivity contribution in [2.75, 3.05) is 7.05 Å². The molecule has 0 aromatic heterocycles. The molecule has 0 saturated heterocycles. The van der Waals surface area contributed by atoms with Gasteiger partial charge in [0.2, 0.25) is 10.0 Å². The first kappa shape index (κ1) is 19.3. The molecule has 0 saturated carbocycles. The van der Waals surface area contributed by atoms with E-state index in [0.29, 0.717) is 0 Å². The summed E-state index contributed by atoms with van der Waals surface area (Å²) in [6, 6.07) is 7.19. The van der Waals surface area contributed by atoms with Gasteiger partial charge in [0, 0.05) is 5.46 Å². The van der Waals surface area contributed by atoms with Crippen molar-refractivity contribution in [2.24, 2.45) is 0 Å². The van der Waals surface area contributed by atoms with E-state index in [-0.39, 0.29) is 21.9 Å². The molecule has 3 N–H and O–H groups in total. The summed E-state index contributed by atoms with van der Waals surface area (Å²) in [5, 5.41) is 18.8. The molecule has 0 atom stereocenters. The van der Waals surface area contributed by atoms with Crippen molar-refractivity contribution < 1.29 is 36.4 Å². The first-order valence-electron chi connectivity index (χ1n) is 6.83. The maximum Gasteiger partial charge on any atom is 0.492 e. The van der Waals surface area contributed by atoms with Crippen molar-refractivity contribution in [3.8, 4) is 11.5 Å². The van der Waals surface area contributed by atoms with Gasteiger partial charge in [-0.1, -0.05) is 6.07 Å². The highest BCUT2D eigenvalue weighted by atomic mass is 32.2. The standard InChI is InChI=1S/C14H13BF3NO5S/c1-19-25(22,23)11-5-6-13(12(8-11)15(20)21)24-10-4-2-3-9(7-10)14(16,17)18/h2-8,19-21H,1H3. The second-order valence-electron chi connectivity index (χ2n) is 4.91. The van der Waals surface area contributed by atoms with Crippen LogP contribution in [0.4, 0.5) is 13.2 Å². The van der Waals surface area contributed by atoms with Crippen LogP contribution in [0.25, 0.3) is 0 Å². The molecule has 11 heteroatoms. The normalized spacial score (nSPS) is 12.1. The van der Waals surface area contributed by atoms with Gasteiger partial charge in [0.15, 0.2) is 0 Å². The van der Waals surface area contributed by atoms with Gasteiger partial charge in [-0.15, -0.1) is 0 Å². The van der Waals surface area contributed by atoms with Crippen LogP contribution in [0.3, 0.4) is 0 Å². The highest BCUT2D eigenvalue weighted by Gasteiger charge is 2.31. The molecule has 0 unspecified atom stereocenters. The van der Waals surface area contributed by atoms with Crippen molar-refractivity contribution in [3.63, 3.8) is 0 Å². The number of hydrogen-bond donors (Lipinski definition) is 3. The number of alkyl halides is 3. The van der Waals surface area contributed by atoms with E-state index in [0.717, 1.165) is 36.4 Å². The molecule has 0 aliphatic carbocycles. The van der Waals surface area contributed by atoms with E-state index in [1.807, 2.05) is 0 Å². The van der Waals surface area contributed by atoms with Crippen LogP contribution in [-0.2, 0) is 16.2 Å². The van der Waals surface area contributed by atoms with Crippen LogP contribution in [0, 0.1) is 0 Å². The van der Waals surface area contributed by atoms with Crippen LogP contribution in [0.5, 0.6) is 11.5 Å². The third kappa shape index (κ3) is 4.51. The molecule has 25 heavy (non-hydrogen) atoms. The Morgan fingerprint density at radius 3 is 2.36 bits per heavy atom. The van der Waals surface area contributed by atoms with E-state index in [1.54, 1.807) is 0 Å². The van der Waals surface area contributed by atoms with E-state index in [1.165, 1.54) is 13.1 Å². The topological polar surface area (TPSA) is 95.9 Å². The van der Waals surface area contributed by atoms with Gasteiger partial charge in [-0.05, 0) is 43.4 Å². The minimum atomic E-state index is -4.57. The van der Waals surface area contributed by atoms with E-state index < -0.39 is 28.9 Å². The Hall–Kier alpha value is -2.08. The van der Waals surface area contributed by atoms with Crippen molar-refractivity contribution in [1.29, 1.82) is 0 Å². The van der Waals surface area contributed by atoms with Gasteiger partial charge in [-0.3, -0.25) is 0 Å². The Kier molecular flexibility index (Phi) is 5.42. The minimum Gasteiger partial charge on any atom is -0.458 e. The average molecular weight is 375 g/mol. The summed E-state index contributed by atoms with van der Waals surface area (Å²) >= 11 is 0. The predicted octanol–water partition coefficient (Wildman–Crippen LogP) is 1.09. The Bertz CT molecular complexity index is 871. The zero-order chi connectivity index (χ0) is 18.8. The molecular formula is C14H13BF3NO5S. The van der Waals surface area contributed by atoms with Gasteiger partial charge < -0.3 is 14.8 Å². The SMILES string of the molecule is CNS(=O)(=O)c1ccc(Oc2cccc(C(F)(F)F)c2)c(B(O)O)c1. The smallest absolute Gasteiger partial charge is 0.458 e. The highest BCUT2D eigenvalue weighted by molar-refractivity contribution is 7.89. The molecule has 0 spiro atoms.